The summed E-state index contributed by atoms with van der Waals surface area (Å²) in [6.45, 7) is 0.0401. The molecule has 0 fully saturated rings. The summed E-state index contributed by atoms with van der Waals surface area (Å²) >= 11 is 5.64. The first-order chi connectivity index (χ1) is 10.0. The second kappa shape index (κ2) is 6.93. The lowest BCUT2D eigenvalue weighted by Gasteiger charge is -2.08. The number of halogens is 1. The molecule has 6 heteroatoms. The van der Waals surface area contributed by atoms with E-state index in [0.29, 0.717) is 17.9 Å². The first-order valence-corrected chi connectivity index (χ1v) is 8.46. The van der Waals surface area contributed by atoms with Gasteiger partial charge in [0.25, 0.3) is 0 Å². The Labute approximate surface area is 129 Å². The Balaban J connectivity index is 2.09. The van der Waals surface area contributed by atoms with Crippen LogP contribution in [-0.4, -0.2) is 19.4 Å². The normalized spacial score (nSPS) is 11.5. The van der Waals surface area contributed by atoms with E-state index in [0.717, 1.165) is 5.56 Å². The van der Waals surface area contributed by atoms with Crippen LogP contribution >= 0.6 is 11.6 Å². The molecule has 0 unspecified atom stereocenters. The van der Waals surface area contributed by atoms with Crippen molar-refractivity contribution in [2.45, 2.75) is 17.9 Å². The van der Waals surface area contributed by atoms with Crippen LogP contribution in [0.5, 0.6) is 5.75 Å². The molecule has 0 heterocycles. The van der Waals surface area contributed by atoms with Crippen molar-refractivity contribution >= 4 is 21.6 Å². The van der Waals surface area contributed by atoms with Crippen LogP contribution in [0.1, 0.15) is 11.1 Å². The number of aryl methyl sites for hydroxylation is 1. The SMILES string of the molecule is O=S(=O)(NCc1ccccc1O)c1ccc(CCCl)cc1. The van der Waals surface area contributed by atoms with Crippen molar-refractivity contribution in [3.05, 3.63) is 59.7 Å². The van der Waals surface area contributed by atoms with E-state index in [1.807, 2.05) is 0 Å². The van der Waals surface area contributed by atoms with E-state index in [4.69, 9.17) is 11.6 Å². The van der Waals surface area contributed by atoms with Gasteiger partial charge >= 0.3 is 0 Å². The molecule has 2 N–H and O–H groups in total. The minimum atomic E-state index is -3.60. The Morgan fingerprint density at radius 2 is 1.71 bits per heavy atom. The number of phenolic OH excluding ortho intramolecular Hbond substituents is 1. The van der Waals surface area contributed by atoms with E-state index in [2.05, 4.69) is 4.72 Å². The largest absolute Gasteiger partial charge is 0.508 e. The van der Waals surface area contributed by atoms with Crippen LogP contribution < -0.4 is 4.72 Å². The zero-order valence-corrected chi connectivity index (χ0v) is 12.9. The molecule has 21 heavy (non-hydrogen) atoms. The second-order valence-corrected chi connectivity index (χ2v) is 6.68. The van der Waals surface area contributed by atoms with Gasteiger partial charge in [-0.05, 0) is 30.2 Å². The van der Waals surface area contributed by atoms with Gasteiger partial charge in [-0.25, -0.2) is 13.1 Å². The Kier molecular flexibility index (Phi) is 5.22. The summed E-state index contributed by atoms with van der Waals surface area (Å²) in [5, 5.41) is 9.63. The molecule has 2 aromatic rings. The second-order valence-electron chi connectivity index (χ2n) is 4.54. The molecule has 0 aliphatic heterocycles. The van der Waals surface area contributed by atoms with Gasteiger partial charge in [-0.2, -0.15) is 0 Å². The molecule has 2 rings (SSSR count). The predicted molar refractivity (Wildman–Crippen MR) is 83.0 cm³/mol. The van der Waals surface area contributed by atoms with Crippen LogP contribution in [0.3, 0.4) is 0 Å². The lowest BCUT2D eigenvalue weighted by atomic mass is 10.2. The average molecular weight is 326 g/mol. The van der Waals surface area contributed by atoms with Gasteiger partial charge in [0.2, 0.25) is 10.0 Å². The highest BCUT2D eigenvalue weighted by Crippen LogP contribution is 2.17. The molecule has 4 nitrogen and oxygen atoms in total. The van der Waals surface area contributed by atoms with Gasteiger partial charge in [-0.15, -0.1) is 11.6 Å². The van der Waals surface area contributed by atoms with Crippen molar-refractivity contribution in [3.63, 3.8) is 0 Å². The minimum Gasteiger partial charge on any atom is -0.508 e. The Hall–Kier alpha value is -1.56. The van der Waals surface area contributed by atoms with E-state index < -0.39 is 10.0 Å². The van der Waals surface area contributed by atoms with E-state index in [9.17, 15) is 13.5 Å². The van der Waals surface area contributed by atoms with Crippen molar-refractivity contribution < 1.29 is 13.5 Å². The smallest absolute Gasteiger partial charge is 0.240 e. The fourth-order valence-corrected chi connectivity index (χ4v) is 3.09. The average Bonchev–Trinajstić information content (AvgIpc) is 2.47. The number of sulfonamides is 1. The van der Waals surface area contributed by atoms with Crippen molar-refractivity contribution in [2.75, 3.05) is 5.88 Å². The van der Waals surface area contributed by atoms with Gasteiger partial charge in [-0.3, -0.25) is 0 Å². The highest BCUT2D eigenvalue weighted by molar-refractivity contribution is 7.89. The molecule has 0 saturated carbocycles. The van der Waals surface area contributed by atoms with Crippen molar-refractivity contribution in [1.29, 1.82) is 0 Å². The summed E-state index contributed by atoms with van der Waals surface area (Å²) in [7, 11) is -3.60. The molecule has 0 aliphatic carbocycles. The molecule has 0 aliphatic rings. The Morgan fingerprint density at radius 3 is 2.33 bits per heavy atom. The maximum Gasteiger partial charge on any atom is 0.240 e. The maximum atomic E-state index is 12.2. The zero-order chi connectivity index (χ0) is 15.3. The van der Waals surface area contributed by atoms with Crippen LogP contribution in [0.2, 0.25) is 0 Å². The molecular weight excluding hydrogens is 310 g/mol. The summed E-state index contributed by atoms with van der Waals surface area (Å²) in [4.78, 5) is 0.191. The number of para-hydroxylation sites is 1. The van der Waals surface area contributed by atoms with Gasteiger partial charge in [-0.1, -0.05) is 30.3 Å². The molecule has 0 bridgehead atoms. The van der Waals surface area contributed by atoms with E-state index in [1.54, 1.807) is 42.5 Å². The fraction of sp³-hybridized carbons (Fsp3) is 0.200. The summed E-state index contributed by atoms with van der Waals surface area (Å²) in [6, 6.07) is 13.2. The zero-order valence-electron chi connectivity index (χ0n) is 11.3. The molecule has 2 aromatic carbocycles. The topological polar surface area (TPSA) is 66.4 Å². The molecule has 0 radical (unpaired) electrons. The van der Waals surface area contributed by atoms with Crippen molar-refractivity contribution in [2.24, 2.45) is 0 Å². The van der Waals surface area contributed by atoms with Crippen LogP contribution in [0, 0.1) is 0 Å². The molecule has 0 saturated heterocycles. The van der Waals surface area contributed by atoms with Crippen LogP contribution in [0.15, 0.2) is 53.4 Å². The quantitative estimate of drug-likeness (QED) is 0.802. The number of nitrogens with one attached hydrogen (secondary N) is 1. The summed E-state index contributed by atoms with van der Waals surface area (Å²) in [5.41, 5.74) is 1.52. The molecule has 0 amide bonds. The maximum absolute atomic E-state index is 12.2. The number of phenols is 1. The number of alkyl halides is 1. The lowest BCUT2D eigenvalue weighted by Crippen LogP contribution is -2.23. The number of hydrogen-bond donors (Lipinski definition) is 2. The molecule has 112 valence electrons. The first-order valence-electron chi connectivity index (χ1n) is 6.44. The highest BCUT2D eigenvalue weighted by atomic mass is 35.5. The van der Waals surface area contributed by atoms with Gasteiger partial charge < -0.3 is 5.11 Å². The van der Waals surface area contributed by atoms with Gasteiger partial charge in [0, 0.05) is 18.0 Å². The Morgan fingerprint density at radius 1 is 1.05 bits per heavy atom. The Bertz CT molecular complexity index is 699. The molecule has 0 atom stereocenters. The highest BCUT2D eigenvalue weighted by Gasteiger charge is 2.14. The van der Waals surface area contributed by atoms with Crippen molar-refractivity contribution in [1.82, 2.24) is 4.72 Å². The lowest BCUT2D eigenvalue weighted by molar-refractivity contribution is 0.467. The van der Waals surface area contributed by atoms with Crippen LogP contribution in [0.4, 0.5) is 0 Å². The van der Waals surface area contributed by atoms with E-state index in [-0.39, 0.29) is 17.2 Å². The number of benzene rings is 2. The summed E-state index contributed by atoms with van der Waals surface area (Å²) < 4.78 is 26.8. The monoisotopic (exact) mass is 325 g/mol. The first kappa shape index (κ1) is 15.8. The predicted octanol–water partition coefficient (Wildman–Crippen LogP) is 2.65. The van der Waals surface area contributed by atoms with Gasteiger partial charge in [0.1, 0.15) is 5.75 Å². The number of rotatable bonds is 6. The molecule has 0 aromatic heterocycles. The summed E-state index contributed by atoms with van der Waals surface area (Å²) in [5.74, 6) is 0.565. The third-order valence-corrected chi connectivity index (χ3v) is 4.67. The number of aromatic hydroxyl groups is 1. The minimum absolute atomic E-state index is 0.0401. The van der Waals surface area contributed by atoms with E-state index in [1.165, 1.54) is 6.07 Å². The molecular formula is C15H16ClNO3S. The van der Waals surface area contributed by atoms with Crippen molar-refractivity contribution in [3.8, 4) is 5.75 Å². The standard InChI is InChI=1S/C15H16ClNO3S/c16-10-9-12-5-7-14(8-6-12)21(19,20)17-11-13-3-1-2-4-15(13)18/h1-8,17-18H,9-11H2. The fourth-order valence-electron chi connectivity index (χ4n) is 1.86. The van der Waals surface area contributed by atoms with Gasteiger partial charge in [0.15, 0.2) is 0 Å². The van der Waals surface area contributed by atoms with E-state index >= 15 is 0 Å². The third kappa shape index (κ3) is 4.20. The number of hydrogen-bond acceptors (Lipinski definition) is 3. The van der Waals surface area contributed by atoms with Crippen LogP contribution in [0.25, 0.3) is 0 Å². The molecule has 0 spiro atoms. The summed E-state index contributed by atoms with van der Waals surface area (Å²) in [6.07, 6.45) is 0.702. The third-order valence-electron chi connectivity index (χ3n) is 3.06. The van der Waals surface area contributed by atoms with Gasteiger partial charge in [0.05, 0.1) is 4.90 Å². The van der Waals surface area contributed by atoms with Crippen LogP contribution in [-0.2, 0) is 23.0 Å².